The maximum atomic E-state index is 12.2. The van der Waals surface area contributed by atoms with Gasteiger partial charge >= 0.3 is 0 Å². The van der Waals surface area contributed by atoms with Crippen molar-refractivity contribution in [3.05, 3.63) is 34.1 Å². The number of nitrogens with zero attached hydrogens (tertiary/aromatic N) is 1. The molecule has 1 atom stereocenters. The Morgan fingerprint density at radius 2 is 2.24 bits per heavy atom. The van der Waals surface area contributed by atoms with Gasteiger partial charge in [-0.1, -0.05) is 0 Å². The zero-order chi connectivity index (χ0) is 14.7. The van der Waals surface area contributed by atoms with Crippen LogP contribution in [-0.4, -0.2) is 41.7 Å². The van der Waals surface area contributed by atoms with Gasteiger partial charge in [0, 0.05) is 24.1 Å². The quantitative estimate of drug-likeness (QED) is 0.912. The van der Waals surface area contributed by atoms with Crippen LogP contribution >= 0.6 is 11.3 Å². The predicted octanol–water partition coefficient (Wildman–Crippen LogP) is 1.62. The molecule has 114 valence electrons. The zero-order valence-electron chi connectivity index (χ0n) is 11.7. The Morgan fingerprint density at radius 1 is 1.43 bits per heavy atom. The molecule has 2 aromatic heterocycles. The van der Waals surface area contributed by atoms with Gasteiger partial charge in [-0.3, -0.25) is 4.79 Å². The normalized spacial score (nSPS) is 18.1. The van der Waals surface area contributed by atoms with E-state index in [0.717, 1.165) is 30.8 Å². The molecule has 3 rings (SSSR count). The molecule has 5 nitrogen and oxygen atoms in total. The molecule has 0 bridgehead atoms. The summed E-state index contributed by atoms with van der Waals surface area (Å²) in [4.78, 5) is 12.2. The highest BCUT2D eigenvalue weighted by Crippen LogP contribution is 2.16. The SMILES string of the molecule is O=c1c2ccsc2ccn1C[C@@H](O)COC1CCOCC1. The number of aromatic nitrogens is 1. The van der Waals surface area contributed by atoms with Crippen LogP contribution in [0.1, 0.15) is 12.8 Å². The van der Waals surface area contributed by atoms with E-state index in [-0.39, 0.29) is 24.8 Å². The summed E-state index contributed by atoms with van der Waals surface area (Å²) in [6, 6.07) is 3.73. The fourth-order valence-electron chi connectivity index (χ4n) is 2.52. The van der Waals surface area contributed by atoms with Crippen molar-refractivity contribution in [3.8, 4) is 0 Å². The fraction of sp³-hybridized carbons (Fsp3) is 0.533. The van der Waals surface area contributed by atoms with Gasteiger partial charge in [0.2, 0.25) is 0 Å². The molecule has 0 saturated carbocycles. The molecule has 0 amide bonds. The van der Waals surface area contributed by atoms with Crippen LogP contribution in [0.3, 0.4) is 0 Å². The Balaban J connectivity index is 1.59. The van der Waals surface area contributed by atoms with Crippen molar-refractivity contribution in [2.75, 3.05) is 19.8 Å². The van der Waals surface area contributed by atoms with Gasteiger partial charge in [0.05, 0.1) is 30.7 Å². The van der Waals surface area contributed by atoms with Gasteiger partial charge in [-0.15, -0.1) is 11.3 Å². The van der Waals surface area contributed by atoms with E-state index in [0.29, 0.717) is 5.39 Å². The minimum atomic E-state index is -0.679. The number of rotatable bonds is 5. The molecule has 3 heterocycles. The molecular weight excluding hydrogens is 290 g/mol. The van der Waals surface area contributed by atoms with Crippen LogP contribution < -0.4 is 5.56 Å². The van der Waals surface area contributed by atoms with Crippen molar-refractivity contribution in [1.29, 1.82) is 0 Å². The van der Waals surface area contributed by atoms with Crippen molar-refractivity contribution >= 4 is 21.4 Å². The summed E-state index contributed by atoms with van der Waals surface area (Å²) >= 11 is 1.55. The average molecular weight is 309 g/mol. The third kappa shape index (κ3) is 3.52. The van der Waals surface area contributed by atoms with Crippen LogP contribution in [0.25, 0.3) is 10.1 Å². The number of pyridine rings is 1. The van der Waals surface area contributed by atoms with E-state index in [1.165, 1.54) is 0 Å². The molecule has 0 aliphatic carbocycles. The standard InChI is InChI=1S/C15H19NO4S/c17-11(10-20-12-2-6-19-7-3-12)9-16-5-1-14-13(15(16)18)4-8-21-14/h1,4-5,8,11-12,17H,2-3,6-7,9-10H2/t11-/m1/s1. The summed E-state index contributed by atoms with van der Waals surface area (Å²) in [6.45, 7) is 1.94. The van der Waals surface area contributed by atoms with Crippen molar-refractivity contribution < 1.29 is 14.6 Å². The van der Waals surface area contributed by atoms with Crippen molar-refractivity contribution in [2.45, 2.75) is 31.6 Å². The van der Waals surface area contributed by atoms with Crippen molar-refractivity contribution in [1.82, 2.24) is 4.57 Å². The molecule has 1 aliphatic heterocycles. The molecule has 0 spiro atoms. The van der Waals surface area contributed by atoms with Gasteiger partial charge in [0.25, 0.3) is 5.56 Å². The first-order chi connectivity index (χ1) is 10.2. The van der Waals surface area contributed by atoms with Crippen LogP contribution in [-0.2, 0) is 16.0 Å². The topological polar surface area (TPSA) is 60.7 Å². The highest BCUT2D eigenvalue weighted by Gasteiger charge is 2.16. The molecule has 1 aliphatic rings. The van der Waals surface area contributed by atoms with Gasteiger partial charge in [-0.05, 0) is 30.4 Å². The second kappa shape index (κ2) is 6.70. The van der Waals surface area contributed by atoms with Gasteiger partial charge < -0.3 is 19.1 Å². The van der Waals surface area contributed by atoms with Gasteiger partial charge in [0.15, 0.2) is 0 Å². The lowest BCUT2D eigenvalue weighted by Gasteiger charge is -2.23. The third-order valence-electron chi connectivity index (χ3n) is 3.69. The Bertz CT molecular complexity index is 644. The summed E-state index contributed by atoms with van der Waals surface area (Å²) in [7, 11) is 0. The van der Waals surface area contributed by atoms with E-state index >= 15 is 0 Å². The van der Waals surface area contributed by atoms with Crippen molar-refractivity contribution in [3.63, 3.8) is 0 Å². The number of aliphatic hydroxyl groups is 1. The molecule has 1 fully saturated rings. The largest absolute Gasteiger partial charge is 0.389 e. The van der Waals surface area contributed by atoms with Gasteiger partial charge in [-0.25, -0.2) is 0 Å². The smallest absolute Gasteiger partial charge is 0.259 e. The van der Waals surface area contributed by atoms with E-state index in [2.05, 4.69) is 0 Å². The highest BCUT2D eigenvalue weighted by molar-refractivity contribution is 7.17. The summed E-state index contributed by atoms with van der Waals surface area (Å²) in [6.07, 6.45) is 2.95. The zero-order valence-corrected chi connectivity index (χ0v) is 12.6. The van der Waals surface area contributed by atoms with Gasteiger partial charge in [0.1, 0.15) is 0 Å². The van der Waals surface area contributed by atoms with E-state index in [4.69, 9.17) is 9.47 Å². The maximum absolute atomic E-state index is 12.2. The summed E-state index contributed by atoms with van der Waals surface area (Å²) < 4.78 is 13.5. The molecular formula is C15H19NO4S. The first-order valence-corrected chi connectivity index (χ1v) is 8.06. The second-order valence-electron chi connectivity index (χ2n) is 5.27. The Kier molecular flexibility index (Phi) is 4.70. The second-order valence-corrected chi connectivity index (χ2v) is 6.22. The Labute approximate surface area is 126 Å². The summed E-state index contributed by atoms with van der Waals surface area (Å²) in [5, 5.41) is 12.7. The molecule has 21 heavy (non-hydrogen) atoms. The minimum absolute atomic E-state index is 0.0566. The average Bonchev–Trinajstić information content (AvgIpc) is 2.98. The predicted molar refractivity (Wildman–Crippen MR) is 81.9 cm³/mol. The lowest BCUT2D eigenvalue weighted by atomic mass is 10.1. The molecule has 0 radical (unpaired) electrons. The molecule has 0 aromatic carbocycles. The molecule has 0 unspecified atom stereocenters. The van der Waals surface area contributed by atoms with Crippen LogP contribution in [0.15, 0.2) is 28.5 Å². The first kappa shape index (κ1) is 14.7. The number of hydrogen-bond donors (Lipinski definition) is 1. The number of thiophene rings is 1. The van der Waals surface area contributed by atoms with Crippen LogP contribution in [0.5, 0.6) is 0 Å². The highest BCUT2D eigenvalue weighted by atomic mass is 32.1. The van der Waals surface area contributed by atoms with Crippen LogP contribution in [0, 0.1) is 0 Å². The third-order valence-corrected chi connectivity index (χ3v) is 4.57. The molecule has 1 saturated heterocycles. The van der Waals surface area contributed by atoms with Crippen LogP contribution in [0.2, 0.25) is 0 Å². The van der Waals surface area contributed by atoms with Crippen LogP contribution in [0.4, 0.5) is 0 Å². The lowest BCUT2D eigenvalue weighted by Crippen LogP contribution is -2.32. The molecule has 6 heteroatoms. The summed E-state index contributed by atoms with van der Waals surface area (Å²) in [5.74, 6) is 0. The Morgan fingerprint density at radius 3 is 3.05 bits per heavy atom. The number of hydrogen-bond acceptors (Lipinski definition) is 5. The Hall–Kier alpha value is -1.21. The fourth-order valence-corrected chi connectivity index (χ4v) is 3.29. The minimum Gasteiger partial charge on any atom is -0.389 e. The first-order valence-electron chi connectivity index (χ1n) is 7.18. The number of fused-ring (bicyclic) bond motifs is 1. The summed E-state index contributed by atoms with van der Waals surface area (Å²) in [5.41, 5.74) is -0.0566. The van der Waals surface area contributed by atoms with Crippen molar-refractivity contribution in [2.24, 2.45) is 0 Å². The lowest BCUT2D eigenvalue weighted by molar-refractivity contribution is -0.0618. The number of ether oxygens (including phenoxy) is 2. The van der Waals surface area contributed by atoms with E-state index in [1.807, 2.05) is 17.5 Å². The monoisotopic (exact) mass is 309 g/mol. The van der Waals surface area contributed by atoms with E-state index in [1.54, 1.807) is 22.1 Å². The molecule has 2 aromatic rings. The van der Waals surface area contributed by atoms with Gasteiger partial charge in [-0.2, -0.15) is 0 Å². The van der Waals surface area contributed by atoms with E-state index in [9.17, 15) is 9.90 Å². The maximum Gasteiger partial charge on any atom is 0.259 e. The van der Waals surface area contributed by atoms with E-state index < -0.39 is 6.10 Å². The number of aliphatic hydroxyl groups excluding tert-OH is 1. The molecule has 1 N–H and O–H groups in total.